The number of nitrogens with zero attached hydrogens (tertiary/aromatic N) is 2. The molecule has 2 N–H and O–H groups in total. The Bertz CT molecular complexity index is 811. The van der Waals surface area contributed by atoms with Crippen LogP contribution in [0.25, 0.3) is 5.65 Å². The average molecular weight is 307 g/mol. The van der Waals surface area contributed by atoms with E-state index >= 15 is 0 Å². The van der Waals surface area contributed by atoms with Crippen LogP contribution in [0.3, 0.4) is 0 Å². The summed E-state index contributed by atoms with van der Waals surface area (Å²) in [5.41, 5.74) is 13.2. The molecule has 1 aromatic carbocycles. The lowest BCUT2D eigenvalue weighted by atomic mass is 9.99. The van der Waals surface area contributed by atoms with Gasteiger partial charge in [-0.15, -0.1) is 0 Å². The van der Waals surface area contributed by atoms with E-state index in [4.69, 9.17) is 10.7 Å². The van der Waals surface area contributed by atoms with Gasteiger partial charge >= 0.3 is 0 Å². The molecular formula is C20H25N3. The Morgan fingerprint density at radius 1 is 1.04 bits per heavy atom. The van der Waals surface area contributed by atoms with Crippen molar-refractivity contribution < 1.29 is 0 Å². The van der Waals surface area contributed by atoms with Gasteiger partial charge in [-0.25, -0.2) is 4.98 Å². The van der Waals surface area contributed by atoms with Crippen molar-refractivity contribution in [3.8, 4) is 0 Å². The van der Waals surface area contributed by atoms with E-state index in [9.17, 15) is 0 Å². The van der Waals surface area contributed by atoms with Crippen molar-refractivity contribution in [3.63, 3.8) is 0 Å². The van der Waals surface area contributed by atoms with Gasteiger partial charge in [-0.2, -0.15) is 0 Å². The van der Waals surface area contributed by atoms with E-state index in [0.717, 1.165) is 23.5 Å². The number of nitrogens with two attached hydrogens (primary N) is 1. The van der Waals surface area contributed by atoms with Crippen molar-refractivity contribution in [3.05, 3.63) is 70.7 Å². The average Bonchev–Trinajstić information content (AvgIpc) is 2.84. The molecule has 0 aliphatic carbocycles. The summed E-state index contributed by atoms with van der Waals surface area (Å²) in [5.74, 6) is 0.557. The van der Waals surface area contributed by atoms with Crippen LogP contribution in [0.5, 0.6) is 0 Å². The Kier molecular flexibility index (Phi) is 4.22. The van der Waals surface area contributed by atoms with Crippen LogP contribution in [-0.2, 0) is 6.42 Å². The highest BCUT2D eigenvalue weighted by molar-refractivity contribution is 5.46. The second kappa shape index (κ2) is 6.17. The second-order valence-electron chi connectivity index (χ2n) is 6.74. The number of imidazole rings is 1. The molecular weight excluding hydrogens is 282 g/mol. The van der Waals surface area contributed by atoms with Crippen molar-refractivity contribution in [2.75, 3.05) is 0 Å². The molecule has 3 aromatic rings. The van der Waals surface area contributed by atoms with E-state index in [1.165, 1.54) is 16.7 Å². The number of aromatic nitrogens is 2. The van der Waals surface area contributed by atoms with Crippen molar-refractivity contribution in [1.82, 2.24) is 9.38 Å². The van der Waals surface area contributed by atoms with Gasteiger partial charge in [0.1, 0.15) is 5.65 Å². The number of fused-ring (bicyclic) bond motifs is 1. The fraction of sp³-hybridized carbons (Fsp3) is 0.350. The lowest BCUT2D eigenvalue weighted by molar-refractivity contribution is 0.754. The van der Waals surface area contributed by atoms with E-state index in [2.05, 4.69) is 67.8 Å². The molecule has 0 saturated heterocycles. The minimum absolute atomic E-state index is 0.0447. The largest absolute Gasteiger partial charge is 0.323 e. The third kappa shape index (κ3) is 3.15. The maximum absolute atomic E-state index is 6.23. The molecule has 0 fully saturated rings. The molecule has 3 nitrogen and oxygen atoms in total. The van der Waals surface area contributed by atoms with Crippen molar-refractivity contribution in [2.45, 2.75) is 46.1 Å². The van der Waals surface area contributed by atoms with Gasteiger partial charge < -0.3 is 10.1 Å². The molecule has 3 heteroatoms. The monoisotopic (exact) mass is 307 g/mol. The SMILES string of the molecule is Cc1ccc2nc(Cc3ccc(C(C)C)cc3)c(C(C)N)n2c1. The van der Waals surface area contributed by atoms with E-state index < -0.39 is 0 Å². The predicted octanol–water partition coefficient (Wildman–Crippen LogP) is 4.38. The van der Waals surface area contributed by atoms with Gasteiger partial charge in [-0.3, -0.25) is 0 Å². The molecule has 2 aromatic heterocycles. The first-order chi connectivity index (χ1) is 11.0. The van der Waals surface area contributed by atoms with Crippen molar-refractivity contribution >= 4 is 5.65 Å². The first kappa shape index (κ1) is 15.8. The molecule has 23 heavy (non-hydrogen) atoms. The standard InChI is InChI=1S/C20H25N3/c1-13(2)17-8-6-16(7-9-17)11-18-20(15(4)21)23-12-14(3)5-10-19(23)22-18/h5-10,12-13,15H,11,21H2,1-4H3. The van der Waals surface area contributed by atoms with Crippen LogP contribution in [0, 0.1) is 6.92 Å². The van der Waals surface area contributed by atoms with Gasteiger partial charge in [0, 0.05) is 18.7 Å². The van der Waals surface area contributed by atoms with Gasteiger partial charge in [0.15, 0.2) is 0 Å². The summed E-state index contributed by atoms with van der Waals surface area (Å²) in [6.45, 7) is 8.55. The topological polar surface area (TPSA) is 43.3 Å². The summed E-state index contributed by atoms with van der Waals surface area (Å²) >= 11 is 0. The third-order valence-corrected chi connectivity index (χ3v) is 4.33. The van der Waals surface area contributed by atoms with E-state index in [0.29, 0.717) is 5.92 Å². The molecule has 0 aliphatic heterocycles. The highest BCUT2D eigenvalue weighted by Gasteiger charge is 2.16. The van der Waals surface area contributed by atoms with E-state index in [1.54, 1.807) is 0 Å². The van der Waals surface area contributed by atoms with Crippen LogP contribution in [0.2, 0.25) is 0 Å². The number of hydrogen-bond donors (Lipinski definition) is 1. The molecule has 0 amide bonds. The number of benzene rings is 1. The minimum atomic E-state index is -0.0447. The van der Waals surface area contributed by atoms with Crippen LogP contribution in [0.15, 0.2) is 42.6 Å². The van der Waals surface area contributed by atoms with Gasteiger partial charge in [-0.05, 0) is 42.5 Å². The van der Waals surface area contributed by atoms with E-state index in [1.807, 2.05) is 6.92 Å². The third-order valence-electron chi connectivity index (χ3n) is 4.33. The minimum Gasteiger partial charge on any atom is -0.323 e. The first-order valence-corrected chi connectivity index (χ1v) is 8.27. The van der Waals surface area contributed by atoms with Crippen molar-refractivity contribution in [1.29, 1.82) is 0 Å². The molecule has 0 saturated carbocycles. The zero-order chi connectivity index (χ0) is 16.6. The lowest BCUT2D eigenvalue weighted by Gasteiger charge is -2.10. The summed E-state index contributed by atoms with van der Waals surface area (Å²) in [5, 5.41) is 0. The zero-order valence-corrected chi connectivity index (χ0v) is 14.4. The maximum atomic E-state index is 6.23. The molecule has 120 valence electrons. The van der Waals surface area contributed by atoms with Gasteiger partial charge in [0.2, 0.25) is 0 Å². The Balaban J connectivity index is 2.00. The molecule has 0 spiro atoms. The molecule has 3 rings (SSSR count). The van der Waals surface area contributed by atoms with Gasteiger partial charge in [0.25, 0.3) is 0 Å². The summed E-state index contributed by atoms with van der Waals surface area (Å²) in [6, 6.07) is 12.9. The molecule has 2 heterocycles. The Morgan fingerprint density at radius 3 is 2.35 bits per heavy atom. The lowest BCUT2D eigenvalue weighted by Crippen LogP contribution is -2.11. The summed E-state index contributed by atoms with van der Waals surface area (Å²) in [7, 11) is 0. The predicted molar refractivity (Wildman–Crippen MR) is 95.9 cm³/mol. The normalized spacial score (nSPS) is 13.0. The number of hydrogen-bond acceptors (Lipinski definition) is 2. The second-order valence-corrected chi connectivity index (χ2v) is 6.74. The van der Waals surface area contributed by atoms with Crippen LogP contribution in [0.4, 0.5) is 0 Å². The van der Waals surface area contributed by atoms with Crippen LogP contribution in [-0.4, -0.2) is 9.38 Å². The molecule has 0 radical (unpaired) electrons. The first-order valence-electron chi connectivity index (χ1n) is 8.27. The molecule has 0 aliphatic rings. The van der Waals surface area contributed by atoms with Gasteiger partial charge in [0.05, 0.1) is 11.4 Å². The van der Waals surface area contributed by atoms with Crippen LogP contribution in [0.1, 0.15) is 60.8 Å². The van der Waals surface area contributed by atoms with Crippen LogP contribution < -0.4 is 5.73 Å². The molecule has 1 atom stereocenters. The van der Waals surface area contributed by atoms with Crippen molar-refractivity contribution in [2.24, 2.45) is 5.73 Å². The number of aryl methyl sites for hydroxylation is 1. The maximum Gasteiger partial charge on any atom is 0.137 e. The number of pyridine rings is 1. The Morgan fingerprint density at radius 2 is 1.74 bits per heavy atom. The quantitative estimate of drug-likeness (QED) is 0.777. The fourth-order valence-corrected chi connectivity index (χ4v) is 3.04. The number of rotatable bonds is 4. The summed E-state index contributed by atoms with van der Waals surface area (Å²) in [4.78, 5) is 4.81. The molecule has 1 unspecified atom stereocenters. The Hall–Kier alpha value is -2.13. The summed E-state index contributed by atoms with van der Waals surface area (Å²) < 4.78 is 2.14. The van der Waals surface area contributed by atoms with E-state index in [-0.39, 0.29) is 6.04 Å². The summed E-state index contributed by atoms with van der Waals surface area (Å²) in [6.07, 6.45) is 2.93. The molecule has 0 bridgehead atoms. The fourth-order valence-electron chi connectivity index (χ4n) is 3.04. The van der Waals surface area contributed by atoms with Gasteiger partial charge in [-0.1, -0.05) is 44.2 Å². The smallest absolute Gasteiger partial charge is 0.137 e. The zero-order valence-electron chi connectivity index (χ0n) is 14.4. The highest BCUT2D eigenvalue weighted by atomic mass is 15.0. The highest BCUT2D eigenvalue weighted by Crippen LogP contribution is 2.23. The van der Waals surface area contributed by atoms with Crippen LogP contribution >= 0.6 is 0 Å². The Labute approximate surface area is 138 Å².